The fourth-order valence-corrected chi connectivity index (χ4v) is 9.02. The number of aliphatic carboxylic acids is 2. The molecule has 2 rings (SSSR count). The number of unbranched alkanes of at least 4 members (excludes halogenated alkanes) is 1. The lowest BCUT2D eigenvalue weighted by Gasteiger charge is -2.31. The van der Waals surface area contributed by atoms with Gasteiger partial charge in [0.25, 0.3) is 0 Å². The summed E-state index contributed by atoms with van der Waals surface area (Å²) >= 11 is 0.766. The van der Waals surface area contributed by atoms with Crippen molar-refractivity contribution in [2.24, 2.45) is 35.1 Å². The highest BCUT2D eigenvalue weighted by Gasteiger charge is 2.41. The number of nitrogens with one attached hydrogen (secondary N) is 8. The summed E-state index contributed by atoms with van der Waals surface area (Å²) in [6, 6.07) is -9.41. The molecular formula is C49H82N12O13S. The van der Waals surface area contributed by atoms with Crippen LogP contribution < -0.4 is 48.7 Å². The number of nitrogens with zero attached hydrogens (tertiary/aromatic N) is 2. The van der Waals surface area contributed by atoms with Gasteiger partial charge in [-0.3, -0.25) is 52.7 Å². The topological polar surface area (TPSA) is 396 Å². The van der Waals surface area contributed by atoms with Gasteiger partial charge in [-0.15, -0.1) is 0 Å². The number of carboxylic acid groups (broad SMARTS) is 2. The minimum Gasteiger partial charge on any atom is -0.481 e. The molecule has 2 heterocycles. The molecule has 422 valence electrons. The van der Waals surface area contributed by atoms with Crippen LogP contribution in [0, 0.1) is 23.7 Å². The molecule has 1 aliphatic heterocycles. The number of nitrogens with two attached hydrogens (primary N) is 2. The predicted octanol–water partition coefficient (Wildman–Crippen LogP) is -0.572. The second-order valence-electron chi connectivity index (χ2n) is 20.0. The lowest BCUT2D eigenvalue weighted by molar-refractivity contribution is -0.144. The number of hydrogen-bond acceptors (Lipinski definition) is 15. The summed E-state index contributed by atoms with van der Waals surface area (Å²) in [7, 11) is 0. The molecule has 0 aromatic carbocycles. The molecule has 9 atom stereocenters. The molecule has 14 N–H and O–H groups in total. The summed E-state index contributed by atoms with van der Waals surface area (Å²) in [5.41, 5.74) is 12.3. The van der Waals surface area contributed by atoms with Gasteiger partial charge < -0.3 is 68.8 Å². The first-order valence-electron chi connectivity index (χ1n) is 25.7. The number of thioether (sulfide) groups is 1. The number of aromatic amines is 1. The summed E-state index contributed by atoms with van der Waals surface area (Å²) in [6.07, 6.45) is 3.73. The van der Waals surface area contributed by atoms with Gasteiger partial charge in [-0.1, -0.05) is 73.6 Å². The van der Waals surface area contributed by atoms with Crippen LogP contribution in [0.2, 0.25) is 0 Å². The maximum absolute atomic E-state index is 14.4. The van der Waals surface area contributed by atoms with Crippen molar-refractivity contribution in [3.63, 3.8) is 0 Å². The number of rotatable bonds is 34. The number of hydrogen-bond donors (Lipinski definition) is 12. The standard InChI is InChI=1S/C49H82N12O13S/c1-9-29(8)39(51)46(71)57-33(21-26(2)3)44(69)55-31(13-10-11-18-50)43(68)56-32(15-16-37(63)64)48(73)61-19-12-14-35(61)45(70)60-40(27(4)5)47(72)58-34(22-30-23-52-25-54-30)42(67)53-24-36(62)59-41(28(6)7)49(74)75-20-17-38(65)66/h23,25-29,31-35,39-41H,9-22,24,50-51H2,1-8H3,(H,52,54)(H,53,67)(H,55,69)(H,56,68)(H,57,71)(H,58,72)(H,59,62)(H,60,70)(H,63,64)(H,65,66)/t29-,31-,32-,33-,34-,35-,39-,40-,41-/m0/s1. The Hall–Kier alpha value is -6.15. The van der Waals surface area contributed by atoms with Gasteiger partial charge in [0.1, 0.15) is 42.3 Å². The van der Waals surface area contributed by atoms with E-state index in [0.717, 1.165) is 11.8 Å². The van der Waals surface area contributed by atoms with Crippen molar-refractivity contribution in [1.29, 1.82) is 0 Å². The molecule has 0 bridgehead atoms. The third-order valence-electron chi connectivity index (χ3n) is 12.7. The molecule has 25 nitrogen and oxygen atoms in total. The van der Waals surface area contributed by atoms with E-state index in [0.29, 0.717) is 31.4 Å². The van der Waals surface area contributed by atoms with E-state index in [1.54, 1.807) is 27.7 Å². The van der Waals surface area contributed by atoms with Crippen molar-refractivity contribution in [3.05, 3.63) is 18.2 Å². The largest absolute Gasteiger partial charge is 0.481 e. The predicted molar refractivity (Wildman–Crippen MR) is 278 cm³/mol. The number of amides is 8. The number of carbonyl (C=O) groups excluding carboxylic acids is 9. The second kappa shape index (κ2) is 33.0. The molecule has 1 aromatic rings. The van der Waals surface area contributed by atoms with Gasteiger partial charge >= 0.3 is 11.9 Å². The number of carboxylic acids is 2. The molecular weight excluding hydrogens is 997 g/mol. The fraction of sp³-hybridized carbons (Fsp3) is 0.714. The Balaban J connectivity index is 2.31. The lowest BCUT2D eigenvalue weighted by Crippen LogP contribution is -2.60. The molecule has 1 aromatic heterocycles. The normalized spacial score (nSPS) is 16.6. The zero-order chi connectivity index (χ0) is 56.5. The van der Waals surface area contributed by atoms with E-state index in [9.17, 15) is 57.8 Å². The van der Waals surface area contributed by atoms with E-state index >= 15 is 0 Å². The SMILES string of the molecule is CC[C@H](C)[C@H](N)C(=O)N[C@@H](CC(C)C)C(=O)N[C@@H](CCCCN)C(=O)N[C@@H](CCC(=O)O)C(=O)N1CCC[C@H]1C(=O)N[C@H](C(=O)N[C@@H](Cc1cnc[nH]1)C(=O)NCC(=O)N[C@H](C(=O)SCCC(=O)O)C(C)C)C(C)C. The number of likely N-dealkylation sites (tertiary alicyclic amines) is 1. The number of carbonyl (C=O) groups is 11. The van der Waals surface area contributed by atoms with Crippen LogP contribution in [0.5, 0.6) is 0 Å². The molecule has 75 heavy (non-hydrogen) atoms. The van der Waals surface area contributed by atoms with Crippen LogP contribution in [0.3, 0.4) is 0 Å². The van der Waals surface area contributed by atoms with Crippen LogP contribution in [0.25, 0.3) is 0 Å². The van der Waals surface area contributed by atoms with Gasteiger partial charge in [0, 0.05) is 37.0 Å². The van der Waals surface area contributed by atoms with Gasteiger partial charge in [0.2, 0.25) is 52.4 Å². The molecule has 1 saturated heterocycles. The molecule has 26 heteroatoms. The Kier molecular flexibility index (Phi) is 28.6. The highest BCUT2D eigenvalue weighted by molar-refractivity contribution is 8.13. The van der Waals surface area contributed by atoms with Crippen molar-refractivity contribution < 1.29 is 63.0 Å². The zero-order valence-electron chi connectivity index (χ0n) is 44.5. The first kappa shape index (κ1) is 65.0. The fourth-order valence-electron chi connectivity index (χ4n) is 8.03. The van der Waals surface area contributed by atoms with E-state index < -0.39 is 132 Å². The quantitative estimate of drug-likeness (QED) is 0.0385. The maximum atomic E-state index is 14.4. The molecule has 8 amide bonds. The Morgan fingerprint density at radius 1 is 0.747 bits per heavy atom. The van der Waals surface area contributed by atoms with Gasteiger partial charge in [-0.25, -0.2) is 4.98 Å². The van der Waals surface area contributed by atoms with E-state index in [4.69, 9.17) is 16.6 Å². The van der Waals surface area contributed by atoms with Crippen molar-refractivity contribution in [1.82, 2.24) is 52.1 Å². The van der Waals surface area contributed by atoms with Crippen LogP contribution >= 0.6 is 11.8 Å². The third-order valence-corrected chi connectivity index (χ3v) is 13.6. The summed E-state index contributed by atoms with van der Waals surface area (Å²) < 4.78 is 0. The number of aromatic nitrogens is 2. The van der Waals surface area contributed by atoms with Crippen LogP contribution in [-0.4, -0.2) is 163 Å². The lowest BCUT2D eigenvalue weighted by atomic mass is 9.97. The Morgan fingerprint density at radius 2 is 1.36 bits per heavy atom. The minimum atomic E-state index is -1.47. The van der Waals surface area contributed by atoms with Crippen LogP contribution in [-0.2, 0) is 59.2 Å². The zero-order valence-corrected chi connectivity index (χ0v) is 45.3. The summed E-state index contributed by atoms with van der Waals surface area (Å²) in [5.74, 6) is -9.35. The maximum Gasteiger partial charge on any atom is 0.304 e. The Labute approximate surface area is 442 Å². The average molecular weight is 1080 g/mol. The Bertz CT molecular complexity index is 2090. The van der Waals surface area contributed by atoms with Crippen molar-refractivity contribution >= 4 is 76.1 Å². The highest BCUT2D eigenvalue weighted by atomic mass is 32.2. The molecule has 1 fully saturated rings. The van der Waals surface area contributed by atoms with Crippen LogP contribution in [0.15, 0.2) is 12.5 Å². The number of H-pyrrole nitrogens is 1. The Morgan fingerprint density at radius 3 is 1.93 bits per heavy atom. The van der Waals surface area contributed by atoms with E-state index in [2.05, 4.69) is 47.2 Å². The highest BCUT2D eigenvalue weighted by Crippen LogP contribution is 2.22. The van der Waals surface area contributed by atoms with E-state index in [1.807, 2.05) is 27.7 Å². The van der Waals surface area contributed by atoms with Crippen LogP contribution in [0.4, 0.5) is 0 Å². The number of imidazole rings is 1. The first-order valence-corrected chi connectivity index (χ1v) is 26.7. The molecule has 1 aliphatic rings. The molecule has 0 saturated carbocycles. The van der Waals surface area contributed by atoms with Crippen molar-refractivity contribution in [2.75, 3.05) is 25.4 Å². The molecule has 0 aliphatic carbocycles. The van der Waals surface area contributed by atoms with Crippen molar-refractivity contribution in [2.45, 2.75) is 174 Å². The first-order chi connectivity index (χ1) is 35.3. The van der Waals surface area contributed by atoms with Gasteiger partial charge in [-0.2, -0.15) is 0 Å². The van der Waals surface area contributed by atoms with Gasteiger partial charge in [0.15, 0.2) is 0 Å². The molecule has 0 radical (unpaired) electrons. The average Bonchev–Trinajstić information content (AvgIpc) is 4.06. The van der Waals surface area contributed by atoms with E-state index in [-0.39, 0.29) is 75.1 Å². The van der Waals surface area contributed by atoms with Crippen LogP contribution in [0.1, 0.15) is 125 Å². The van der Waals surface area contributed by atoms with E-state index in [1.165, 1.54) is 17.4 Å². The molecule has 0 unspecified atom stereocenters. The summed E-state index contributed by atoms with van der Waals surface area (Å²) in [4.78, 5) is 154. The van der Waals surface area contributed by atoms with Gasteiger partial charge in [0.05, 0.1) is 25.3 Å². The summed E-state index contributed by atoms with van der Waals surface area (Å²) in [6.45, 7) is 13.8. The molecule has 0 spiro atoms. The summed E-state index contributed by atoms with van der Waals surface area (Å²) in [5, 5.41) is 36.6. The minimum absolute atomic E-state index is 0.00309. The van der Waals surface area contributed by atoms with Gasteiger partial charge in [-0.05, 0) is 75.2 Å². The smallest absolute Gasteiger partial charge is 0.304 e. The van der Waals surface area contributed by atoms with Crippen molar-refractivity contribution in [3.8, 4) is 0 Å². The third kappa shape index (κ3) is 22.7. The monoisotopic (exact) mass is 1080 g/mol. The second-order valence-corrected chi connectivity index (χ2v) is 21.1.